The standard InChI is InChI=1S/C9H15N4O4P/c1-6(10)4-11-9-7(2)12-8(3)13(9)5-17-18(14,15)16/h4H,2,5,10H2,1,3H3,(H2,14,15,16)/b6-4+,11-9?. The van der Waals surface area contributed by atoms with E-state index >= 15 is 0 Å². The summed E-state index contributed by atoms with van der Waals surface area (Å²) in [6, 6.07) is 0. The second-order valence-corrected chi connectivity index (χ2v) is 4.85. The molecular formula is C9H15N4O4P. The number of amidine groups is 2. The first kappa shape index (κ1) is 14.6. The van der Waals surface area contributed by atoms with Crippen molar-refractivity contribution in [2.45, 2.75) is 13.8 Å². The van der Waals surface area contributed by atoms with Crippen LogP contribution in [0.2, 0.25) is 0 Å². The van der Waals surface area contributed by atoms with Crippen LogP contribution in [0.5, 0.6) is 0 Å². The molecule has 0 radical (unpaired) electrons. The van der Waals surface area contributed by atoms with E-state index < -0.39 is 7.82 Å². The lowest BCUT2D eigenvalue weighted by molar-refractivity contribution is 0.163. The summed E-state index contributed by atoms with van der Waals surface area (Å²) in [5, 5.41) is 0. The molecule has 8 nitrogen and oxygen atoms in total. The van der Waals surface area contributed by atoms with Crippen LogP contribution < -0.4 is 5.73 Å². The van der Waals surface area contributed by atoms with Gasteiger partial charge in [0.1, 0.15) is 18.3 Å². The van der Waals surface area contributed by atoms with Gasteiger partial charge in [-0.15, -0.1) is 0 Å². The Kier molecular flexibility index (Phi) is 4.42. The molecule has 0 spiro atoms. The van der Waals surface area contributed by atoms with Crippen LogP contribution in [0.15, 0.2) is 34.2 Å². The molecule has 1 aliphatic heterocycles. The van der Waals surface area contributed by atoms with Crippen LogP contribution >= 0.6 is 7.82 Å². The van der Waals surface area contributed by atoms with Crippen molar-refractivity contribution in [2.75, 3.05) is 6.73 Å². The molecule has 100 valence electrons. The topological polar surface area (TPSA) is 121 Å². The Morgan fingerprint density at radius 3 is 2.83 bits per heavy atom. The summed E-state index contributed by atoms with van der Waals surface area (Å²) in [5.41, 5.74) is 6.31. The Balaban J connectivity index is 2.89. The first-order valence-electron chi connectivity index (χ1n) is 4.93. The molecule has 0 amide bonds. The minimum absolute atomic E-state index is 0.339. The summed E-state index contributed by atoms with van der Waals surface area (Å²) in [6.45, 7) is 6.62. The molecule has 0 saturated heterocycles. The van der Waals surface area contributed by atoms with E-state index in [2.05, 4.69) is 21.1 Å². The van der Waals surface area contributed by atoms with E-state index in [0.29, 0.717) is 23.1 Å². The van der Waals surface area contributed by atoms with Crippen molar-refractivity contribution in [1.82, 2.24) is 4.90 Å². The molecule has 1 rings (SSSR count). The normalized spacial score (nSPS) is 19.7. The van der Waals surface area contributed by atoms with E-state index in [9.17, 15) is 4.57 Å². The lowest BCUT2D eigenvalue weighted by atomic mass is 10.4. The first-order chi connectivity index (χ1) is 8.20. The van der Waals surface area contributed by atoms with E-state index in [0.717, 1.165) is 0 Å². The van der Waals surface area contributed by atoms with Gasteiger partial charge in [0, 0.05) is 11.9 Å². The molecule has 9 heteroatoms. The molecule has 18 heavy (non-hydrogen) atoms. The molecule has 0 aromatic rings. The van der Waals surface area contributed by atoms with Gasteiger partial charge in [-0.2, -0.15) is 0 Å². The molecule has 0 aromatic carbocycles. The number of allylic oxidation sites excluding steroid dienone is 1. The van der Waals surface area contributed by atoms with Gasteiger partial charge in [-0.1, -0.05) is 6.58 Å². The largest absolute Gasteiger partial charge is 0.471 e. The molecule has 0 saturated carbocycles. The summed E-state index contributed by atoms with van der Waals surface area (Å²) >= 11 is 0. The third-order valence-corrected chi connectivity index (χ3v) is 2.40. The molecule has 0 bridgehead atoms. The zero-order valence-corrected chi connectivity index (χ0v) is 11.0. The number of hydrogen-bond donors (Lipinski definition) is 3. The van der Waals surface area contributed by atoms with E-state index in [1.807, 2.05) is 0 Å². The van der Waals surface area contributed by atoms with Crippen LogP contribution in [0.25, 0.3) is 0 Å². The number of phosphoric acid groups is 1. The Morgan fingerprint density at radius 1 is 1.72 bits per heavy atom. The van der Waals surface area contributed by atoms with Crippen LogP contribution in [0.4, 0.5) is 0 Å². The highest BCUT2D eigenvalue weighted by atomic mass is 31.2. The maximum atomic E-state index is 10.7. The maximum Gasteiger partial charge on any atom is 0.471 e. The van der Waals surface area contributed by atoms with Crippen molar-refractivity contribution in [3.05, 3.63) is 24.2 Å². The van der Waals surface area contributed by atoms with E-state index in [1.54, 1.807) is 13.8 Å². The van der Waals surface area contributed by atoms with Gasteiger partial charge in [0.15, 0.2) is 5.84 Å². The molecule has 0 aliphatic carbocycles. The lowest BCUT2D eigenvalue weighted by Crippen LogP contribution is -2.32. The van der Waals surface area contributed by atoms with E-state index in [4.69, 9.17) is 15.5 Å². The van der Waals surface area contributed by atoms with Crippen molar-refractivity contribution in [3.63, 3.8) is 0 Å². The third kappa shape index (κ3) is 4.08. The summed E-state index contributed by atoms with van der Waals surface area (Å²) in [6.07, 6.45) is 1.40. The minimum Gasteiger partial charge on any atom is -0.401 e. The lowest BCUT2D eigenvalue weighted by Gasteiger charge is -2.18. The smallest absolute Gasteiger partial charge is 0.401 e. The summed E-state index contributed by atoms with van der Waals surface area (Å²) in [4.78, 5) is 26.8. The zero-order valence-electron chi connectivity index (χ0n) is 10.1. The maximum absolute atomic E-state index is 10.7. The average Bonchev–Trinajstić information content (AvgIpc) is 2.46. The minimum atomic E-state index is -4.55. The number of phosphoric ester groups is 1. The van der Waals surface area contributed by atoms with Crippen LogP contribution in [0.1, 0.15) is 13.8 Å². The Morgan fingerprint density at radius 2 is 2.33 bits per heavy atom. The fourth-order valence-electron chi connectivity index (χ4n) is 1.21. The van der Waals surface area contributed by atoms with Gasteiger partial charge in [-0.05, 0) is 13.8 Å². The van der Waals surface area contributed by atoms with Crippen LogP contribution in [0.3, 0.4) is 0 Å². The SMILES string of the molecule is C=C1N=C(C)N(COP(=O)(O)O)C1=N/C=C(\C)N. The highest BCUT2D eigenvalue weighted by molar-refractivity contribution is 7.46. The second-order valence-electron chi connectivity index (χ2n) is 3.61. The van der Waals surface area contributed by atoms with Gasteiger partial charge in [0.2, 0.25) is 0 Å². The molecule has 1 heterocycles. The number of nitrogens with two attached hydrogens (primary N) is 1. The number of rotatable bonds is 4. The molecule has 0 atom stereocenters. The van der Waals surface area contributed by atoms with Gasteiger partial charge in [0.25, 0.3) is 0 Å². The molecular weight excluding hydrogens is 259 g/mol. The van der Waals surface area contributed by atoms with Gasteiger partial charge >= 0.3 is 7.82 Å². The summed E-state index contributed by atoms with van der Waals surface area (Å²) in [5.74, 6) is 0.820. The number of hydrogen-bond acceptors (Lipinski definition) is 5. The molecule has 0 fully saturated rings. The van der Waals surface area contributed by atoms with Crippen LogP contribution in [-0.2, 0) is 9.09 Å². The fourth-order valence-corrected chi connectivity index (χ4v) is 1.48. The van der Waals surface area contributed by atoms with Crippen molar-refractivity contribution < 1.29 is 18.9 Å². The highest BCUT2D eigenvalue weighted by Crippen LogP contribution is 2.36. The molecule has 1 aliphatic rings. The zero-order chi connectivity index (χ0) is 13.9. The van der Waals surface area contributed by atoms with Crippen molar-refractivity contribution in [2.24, 2.45) is 15.7 Å². The molecule has 4 N–H and O–H groups in total. The van der Waals surface area contributed by atoms with Crippen molar-refractivity contribution in [1.29, 1.82) is 0 Å². The predicted octanol–water partition coefficient (Wildman–Crippen LogP) is 0.519. The monoisotopic (exact) mass is 274 g/mol. The number of nitrogens with zero attached hydrogens (tertiary/aromatic N) is 3. The van der Waals surface area contributed by atoms with Gasteiger partial charge in [-0.25, -0.2) is 14.5 Å². The molecule has 0 aromatic heterocycles. The average molecular weight is 274 g/mol. The Labute approximate surface area is 104 Å². The van der Waals surface area contributed by atoms with Crippen molar-refractivity contribution >= 4 is 19.5 Å². The fraction of sp³-hybridized carbons (Fsp3) is 0.333. The van der Waals surface area contributed by atoms with E-state index in [-0.39, 0.29) is 6.73 Å². The van der Waals surface area contributed by atoms with E-state index in [1.165, 1.54) is 11.1 Å². The first-order valence-corrected chi connectivity index (χ1v) is 6.46. The van der Waals surface area contributed by atoms with Gasteiger partial charge in [0.05, 0.1) is 0 Å². The van der Waals surface area contributed by atoms with Crippen LogP contribution in [0, 0.1) is 0 Å². The third-order valence-electron chi connectivity index (χ3n) is 1.95. The second kappa shape index (κ2) is 5.45. The van der Waals surface area contributed by atoms with Crippen molar-refractivity contribution in [3.8, 4) is 0 Å². The quantitative estimate of drug-likeness (QED) is 0.642. The van der Waals surface area contributed by atoms with Gasteiger partial charge < -0.3 is 15.5 Å². The predicted molar refractivity (Wildman–Crippen MR) is 67.5 cm³/mol. The number of aliphatic imine (C=N–C) groups is 2. The molecule has 0 unspecified atom stereocenters. The Bertz CT molecular complexity index is 487. The summed E-state index contributed by atoms with van der Waals surface area (Å²) < 4.78 is 15.1. The summed E-state index contributed by atoms with van der Waals surface area (Å²) in [7, 11) is -4.55. The van der Waals surface area contributed by atoms with Crippen LogP contribution in [-0.4, -0.2) is 33.1 Å². The highest BCUT2D eigenvalue weighted by Gasteiger charge is 2.26. The van der Waals surface area contributed by atoms with Gasteiger partial charge in [-0.3, -0.25) is 9.42 Å². The Hall–Kier alpha value is -1.47.